The molecule has 2 amide bonds. The van der Waals surface area contributed by atoms with Crippen molar-refractivity contribution in [1.29, 1.82) is 0 Å². The van der Waals surface area contributed by atoms with Gasteiger partial charge in [0.15, 0.2) is 0 Å². The Bertz CT molecular complexity index is 353. The van der Waals surface area contributed by atoms with Crippen LogP contribution in [0, 0.1) is 11.3 Å². The van der Waals surface area contributed by atoms with Crippen LogP contribution in [0.15, 0.2) is 0 Å². The first-order valence-electron chi connectivity index (χ1n) is 6.26. The molecule has 0 aromatic carbocycles. The molecule has 0 bridgehead atoms. The standard InChI is InChI=1S/C13H24N2O4/c1-9(12(19)14-4)8-15(5)10(16)6-13(2,3)7-11(17)18/h9H,6-8H2,1-5H3,(H,14,19)(H,17,18). The van der Waals surface area contributed by atoms with Crippen molar-refractivity contribution in [2.45, 2.75) is 33.6 Å². The minimum absolute atomic E-state index is 0.0580. The number of carboxylic acid groups (broad SMARTS) is 1. The van der Waals surface area contributed by atoms with Crippen molar-refractivity contribution in [2.24, 2.45) is 11.3 Å². The van der Waals surface area contributed by atoms with Gasteiger partial charge < -0.3 is 15.3 Å². The second kappa shape index (κ2) is 7.11. The highest BCUT2D eigenvalue weighted by molar-refractivity contribution is 5.81. The van der Waals surface area contributed by atoms with Gasteiger partial charge in [0, 0.05) is 27.1 Å². The molecule has 0 aromatic heterocycles. The van der Waals surface area contributed by atoms with Crippen LogP contribution in [0.25, 0.3) is 0 Å². The lowest BCUT2D eigenvalue weighted by atomic mass is 9.85. The maximum Gasteiger partial charge on any atom is 0.303 e. The van der Waals surface area contributed by atoms with Crippen LogP contribution in [0.4, 0.5) is 0 Å². The highest BCUT2D eigenvalue weighted by atomic mass is 16.4. The second-order valence-electron chi connectivity index (χ2n) is 5.70. The number of aliphatic carboxylic acids is 1. The number of hydrogen-bond donors (Lipinski definition) is 2. The van der Waals surface area contributed by atoms with E-state index in [1.54, 1.807) is 34.9 Å². The topological polar surface area (TPSA) is 86.7 Å². The smallest absolute Gasteiger partial charge is 0.303 e. The monoisotopic (exact) mass is 272 g/mol. The van der Waals surface area contributed by atoms with Crippen LogP contribution in [-0.2, 0) is 14.4 Å². The number of carbonyl (C=O) groups excluding carboxylic acids is 2. The Morgan fingerprint density at radius 1 is 1.26 bits per heavy atom. The largest absolute Gasteiger partial charge is 0.481 e. The molecule has 0 saturated carbocycles. The van der Waals surface area contributed by atoms with E-state index >= 15 is 0 Å². The minimum Gasteiger partial charge on any atom is -0.481 e. The first kappa shape index (κ1) is 17.4. The van der Waals surface area contributed by atoms with Crippen molar-refractivity contribution in [3.8, 4) is 0 Å². The van der Waals surface area contributed by atoms with E-state index < -0.39 is 11.4 Å². The molecule has 6 heteroatoms. The van der Waals surface area contributed by atoms with E-state index in [0.717, 1.165) is 0 Å². The van der Waals surface area contributed by atoms with E-state index in [1.165, 1.54) is 4.90 Å². The molecule has 6 nitrogen and oxygen atoms in total. The minimum atomic E-state index is -0.917. The van der Waals surface area contributed by atoms with Crippen molar-refractivity contribution < 1.29 is 19.5 Å². The lowest BCUT2D eigenvalue weighted by Crippen LogP contribution is -2.39. The summed E-state index contributed by atoms with van der Waals surface area (Å²) in [5, 5.41) is 11.3. The summed E-state index contributed by atoms with van der Waals surface area (Å²) in [5.41, 5.74) is -0.590. The summed E-state index contributed by atoms with van der Waals surface area (Å²) >= 11 is 0. The molecule has 0 aromatic rings. The van der Waals surface area contributed by atoms with Crippen LogP contribution in [0.2, 0.25) is 0 Å². The van der Waals surface area contributed by atoms with Gasteiger partial charge in [0.1, 0.15) is 0 Å². The average molecular weight is 272 g/mol. The maximum absolute atomic E-state index is 12.0. The molecule has 0 fully saturated rings. The molecular weight excluding hydrogens is 248 g/mol. The summed E-state index contributed by atoms with van der Waals surface area (Å²) < 4.78 is 0. The number of hydrogen-bond acceptors (Lipinski definition) is 3. The molecule has 19 heavy (non-hydrogen) atoms. The zero-order chi connectivity index (χ0) is 15.2. The quantitative estimate of drug-likeness (QED) is 0.715. The number of rotatable bonds is 7. The van der Waals surface area contributed by atoms with Gasteiger partial charge in [-0.3, -0.25) is 14.4 Å². The van der Waals surface area contributed by atoms with Crippen molar-refractivity contribution >= 4 is 17.8 Å². The lowest BCUT2D eigenvalue weighted by molar-refractivity contribution is -0.140. The van der Waals surface area contributed by atoms with Crippen molar-refractivity contribution in [3.63, 3.8) is 0 Å². The third-order valence-corrected chi connectivity index (χ3v) is 2.93. The van der Waals surface area contributed by atoms with Gasteiger partial charge in [0.2, 0.25) is 11.8 Å². The summed E-state index contributed by atoms with van der Waals surface area (Å²) in [6, 6.07) is 0. The molecule has 0 aliphatic rings. The van der Waals surface area contributed by atoms with E-state index in [9.17, 15) is 14.4 Å². The zero-order valence-electron chi connectivity index (χ0n) is 12.3. The third-order valence-electron chi connectivity index (χ3n) is 2.93. The normalized spacial score (nSPS) is 12.7. The molecule has 2 N–H and O–H groups in total. The van der Waals surface area contributed by atoms with Crippen molar-refractivity contribution in [2.75, 3.05) is 20.6 Å². The molecule has 0 heterocycles. The van der Waals surface area contributed by atoms with Crippen LogP contribution < -0.4 is 5.32 Å². The first-order valence-corrected chi connectivity index (χ1v) is 6.26. The van der Waals surface area contributed by atoms with E-state index in [0.29, 0.717) is 6.54 Å². The molecular formula is C13H24N2O4. The Hall–Kier alpha value is -1.59. The van der Waals surface area contributed by atoms with Gasteiger partial charge in [-0.25, -0.2) is 0 Å². The number of nitrogens with zero attached hydrogens (tertiary/aromatic N) is 1. The zero-order valence-corrected chi connectivity index (χ0v) is 12.3. The number of nitrogens with one attached hydrogen (secondary N) is 1. The SMILES string of the molecule is CNC(=O)C(C)CN(C)C(=O)CC(C)(C)CC(=O)O. The summed E-state index contributed by atoms with van der Waals surface area (Å²) in [6.07, 6.45) is 0.0911. The Labute approximate surface area is 114 Å². The third kappa shape index (κ3) is 6.79. The van der Waals surface area contributed by atoms with Gasteiger partial charge in [0.25, 0.3) is 0 Å². The number of carbonyl (C=O) groups is 3. The highest BCUT2D eigenvalue weighted by Gasteiger charge is 2.27. The lowest BCUT2D eigenvalue weighted by Gasteiger charge is -2.26. The Balaban J connectivity index is 4.42. The van der Waals surface area contributed by atoms with E-state index in [2.05, 4.69) is 5.32 Å². The van der Waals surface area contributed by atoms with Crippen LogP contribution in [0.1, 0.15) is 33.6 Å². The molecule has 0 saturated heterocycles. The van der Waals surface area contributed by atoms with Gasteiger partial charge in [-0.05, 0) is 5.41 Å². The van der Waals surface area contributed by atoms with Crippen molar-refractivity contribution in [3.05, 3.63) is 0 Å². The van der Waals surface area contributed by atoms with Crippen LogP contribution in [0.3, 0.4) is 0 Å². The summed E-state index contributed by atoms with van der Waals surface area (Å²) in [4.78, 5) is 35.5. The fourth-order valence-corrected chi connectivity index (χ4v) is 1.86. The van der Waals surface area contributed by atoms with Gasteiger partial charge in [-0.2, -0.15) is 0 Å². The van der Waals surface area contributed by atoms with Gasteiger partial charge >= 0.3 is 5.97 Å². The Kier molecular flexibility index (Phi) is 6.52. The average Bonchev–Trinajstić information content (AvgIpc) is 2.24. The molecule has 0 radical (unpaired) electrons. The first-order chi connectivity index (χ1) is 8.59. The fraction of sp³-hybridized carbons (Fsp3) is 0.769. The van der Waals surface area contributed by atoms with Crippen molar-refractivity contribution in [1.82, 2.24) is 10.2 Å². The molecule has 0 rings (SSSR count). The molecule has 0 aliphatic heterocycles. The Morgan fingerprint density at radius 2 is 1.79 bits per heavy atom. The summed E-state index contributed by atoms with van der Waals surface area (Å²) in [6.45, 7) is 5.55. The number of amides is 2. The fourth-order valence-electron chi connectivity index (χ4n) is 1.86. The molecule has 110 valence electrons. The summed E-state index contributed by atoms with van der Waals surface area (Å²) in [7, 11) is 3.18. The highest BCUT2D eigenvalue weighted by Crippen LogP contribution is 2.25. The predicted molar refractivity (Wildman–Crippen MR) is 71.5 cm³/mol. The molecule has 0 spiro atoms. The number of carboxylic acids is 1. The molecule has 0 aliphatic carbocycles. The van der Waals surface area contributed by atoms with E-state index in [-0.39, 0.29) is 30.6 Å². The second-order valence-corrected chi connectivity index (χ2v) is 5.70. The van der Waals surface area contributed by atoms with Gasteiger partial charge in [0.05, 0.1) is 12.3 Å². The predicted octanol–water partition coefficient (Wildman–Crippen LogP) is 0.718. The maximum atomic E-state index is 12.0. The summed E-state index contributed by atoms with van der Waals surface area (Å²) in [5.74, 6) is -1.48. The van der Waals surface area contributed by atoms with E-state index in [4.69, 9.17) is 5.11 Å². The molecule has 1 atom stereocenters. The van der Waals surface area contributed by atoms with Crippen LogP contribution in [-0.4, -0.2) is 48.4 Å². The van der Waals surface area contributed by atoms with Gasteiger partial charge in [-0.1, -0.05) is 20.8 Å². The Morgan fingerprint density at radius 3 is 2.21 bits per heavy atom. The van der Waals surface area contributed by atoms with Crippen LogP contribution >= 0.6 is 0 Å². The van der Waals surface area contributed by atoms with E-state index in [1.807, 2.05) is 0 Å². The van der Waals surface area contributed by atoms with Crippen LogP contribution in [0.5, 0.6) is 0 Å². The van der Waals surface area contributed by atoms with Gasteiger partial charge in [-0.15, -0.1) is 0 Å². The molecule has 1 unspecified atom stereocenters.